The number of rotatable bonds is 2. The fourth-order valence-electron chi connectivity index (χ4n) is 2.46. The van der Waals surface area contributed by atoms with E-state index < -0.39 is 30.0 Å². The fraction of sp³-hybridized carbons (Fsp3) is 0.625. The van der Waals surface area contributed by atoms with Gasteiger partial charge in [-0.3, -0.25) is 0 Å². The zero-order valence-electron chi connectivity index (χ0n) is 13.8. The lowest BCUT2D eigenvalue weighted by molar-refractivity contribution is -0.0771. The molecule has 0 N–H and O–H groups in total. The summed E-state index contributed by atoms with van der Waals surface area (Å²) in [5.74, 6) is -3.64. The molecule has 0 unspecified atom stereocenters. The Morgan fingerprint density at radius 1 is 1.39 bits per heavy atom. The molecule has 0 aliphatic carbocycles. The number of carbonyl (C=O) groups is 1. The van der Waals surface area contributed by atoms with E-state index in [1.165, 1.54) is 24.3 Å². The van der Waals surface area contributed by atoms with Crippen molar-refractivity contribution in [2.24, 2.45) is 0 Å². The molecule has 0 radical (unpaired) electrons. The first kappa shape index (κ1) is 17.4. The Balaban J connectivity index is 2.17. The maximum absolute atomic E-state index is 14.3. The summed E-state index contributed by atoms with van der Waals surface area (Å²) in [6, 6.07) is 3.10. The van der Waals surface area contributed by atoms with Crippen LogP contribution in [0.15, 0.2) is 18.3 Å². The molecule has 1 fully saturated rings. The third-order valence-corrected chi connectivity index (χ3v) is 3.65. The molecule has 7 heteroatoms. The Morgan fingerprint density at radius 3 is 2.61 bits per heavy atom. The summed E-state index contributed by atoms with van der Waals surface area (Å²) >= 11 is 0. The maximum Gasteiger partial charge on any atom is 0.410 e. The van der Waals surface area contributed by atoms with E-state index in [0.29, 0.717) is 11.4 Å². The summed E-state index contributed by atoms with van der Waals surface area (Å²) in [5, 5.41) is 0. The topological polar surface area (TPSA) is 51.7 Å². The predicted molar refractivity (Wildman–Crippen MR) is 80.9 cm³/mol. The number of pyridine rings is 1. The van der Waals surface area contributed by atoms with Gasteiger partial charge in [0, 0.05) is 31.8 Å². The first-order chi connectivity index (χ1) is 10.6. The van der Waals surface area contributed by atoms with Crippen molar-refractivity contribution in [2.75, 3.05) is 20.2 Å². The van der Waals surface area contributed by atoms with E-state index in [4.69, 9.17) is 9.47 Å². The van der Waals surface area contributed by atoms with Crippen LogP contribution in [0.4, 0.5) is 13.6 Å². The van der Waals surface area contributed by atoms with Crippen LogP contribution in [-0.4, -0.2) is 47.7 Å². The van der Waals surface area contributed by atoms with Crippen LogP contribution in [0.2, 0.25) is 0 Å². The first-order valence-corrected chi connectivity index (χ1v) is 7.48. The molecule has 23 heavy (non-hydrogen) atoms. The third-order valence-electron chi connectivity index (χ3n) is 3.65. The minimum Gasteiger partial charge on any atom is -0.481 e. The van der Waals surface area contributed by atoms with Gasteiger partial charge in [0.1, 0.15) is 5.60 Å². The highest BCUT2D eigenvalue weighted by molar-refractivity contribution is 5.68. The smallest absolute Gasteiger partial charge is 0.410 e. The highest BCUT2D eigenvalue weighted by atomic mass is 19.3. The van der Waals surface area contributed by atoms with Crippen LogP contribution in [0, 0.1) is 0 Å². The van der Waals surface area contributed by atoms with Crippen molar-refractivity contribution < 1.29 is 23.0 Å². The molecule has 128 valence electrons. The van der Waals surface area contributed by atoms with Crippen LogP contribution in [0.1, 0.15) is 38.7 Å². The van der Waals surface area contributed by atoms with Gasteiger partial charge < -0.3 is 14.4 Å². The number of hydrogen-bond donors (Lipinski definition) is 0. The van der Waals surface area contributed by atoms with Gasteiger partial charge >= 0.3 is 6.09 Å². The Hall–Kier alpha value is -1.92. The van der Waals surface area contributed by atoms with Crippen molar-refractivity contribution >= 4 is 6.09 Å². The molecule has 2 heterocycles. The zero-order chi connectivity index (χ0) is 17.3. The van der Waals surface area contributed by atoms with E-state index in [2.05, 4.69) is 4.98 Å². The molecule has 0 spiro atoms. The number of likely N-dealkylation sites (tertiary alicyclic amines) is 1. The number of hydrogen-bond acceptors (Lipinski definition) is 4. The minimum absolute atomic E-state index is 0.0258. The number of nitrogens with zero attached hydrogens (tertiary/aromatic N) is 2. The highest BCUT2D eigenvalue weighted by Crippen LogP contribution is 2.40. The van der Waals surface area contributed by atoms with Gasteiger partial charge in [0.2, 0.25) is 5.88 Å². The van der Waals surface area contributed by atoms with Gasteiger partial charge in [0.25, 0.3) is 5.92 Å². The summed E-state index contributed by atoms with van der Waals surface area (Å²) in [6.45, 7) is 5.11. The third kappa shape index (κ3) is 4.30. The summed E-state index contributed by atoms with van der Waals surface area (Å²) < 4.78 is 38.8. The Labute approximate surface area is 134 Å². The number of carbonyl (C=O) groups excluding carboxylic acids is 1. The normalized spacial score (nSPS) is 21.0. The quantitative estimate of drug-likeness (QED) is 0.834. The van der Waals surface area contributed by atoms with Gasteiger partial charge in [-0.05, 0) is 26.3 Å². The molecule has 5 nitrogen and oxygen atoms in total. The Morgan fingerprint density at radius 2 is 2.09 bits per heavy atom. The SMILES string of the molecule is COc1ccc([C@H]2CN(C(=O)OC(C)(C)C)CCC2(F)F)cn1. The average Bonchev–Trinajstić information content (AvgIpc) is 2.45. The van der Waals surface area contributed by atoms with Gasteiger partial charge in [-0.2, -0.15) is 0 Å². The van der Waals surface area contributed by atoms with E-state index >= 15 is 0 Å². The van der Waals surface area contributed by atoms with Gasteiger partial charge in [-0.1, -0.05) is 6.07 Å². The van der Waals surface area contributed by atoms with E-state index in [1.54, 1.807) is 26.8 Å². The second kappa shape index (κ2) is 6.29. The van der Waals surface area contributed by atoms with Crippen LogP contribution in [0.25, 0.3) is 0 Å². The number of amides is 1. The largest absolute Gasteiger partial charge is 0.481 e. The lowest BCUT2D eigenvalue weighted by Gasteiger charge is -2.38. The molecule has 0 bridgehead atoms. The standard InChI is InChI=1S/C16H22F2N2O3/c1-15(2,3)23-14(21)20-8-7-16(17,18)12(10-20)11-5-6-13(22-4)19-9-11/h5-6,9,12H,7-8,10H2,1-4H3/t12-/m1/s1. The molecular formula is C16H22F2N2O3. The molecule has 1 aromatic rings. The van der Waals surface area contributed by atoms with Crippen molar-refractivity contribution in [2.45, 2.75) is 44.6 Å². The second-order valence-corrected chi connectivity index (χ2v) is 6.62. The van der Waals surface area contributed by atoms with Crippen molar-refractivity contribution in [3.8, 4) is 5.88 Å². The fourth-order valence-corrected chi connectivity index (χ4v) is 2.46. The van der Waals surface area contributed by atoms with Crippen molar-refractivity contribution in [1.82, 2.24) is 9.88 Å². The number of aromatic nitrogens is 1. The molecule has 1 atom stereocenters. The minimum atomic E-state index is -2.89. The molecule has 1 saturated heterocycles. The molecular weight excluding hydrogens is 306 g/mol. The van der Waals surface area contributed by atoms with E-state index in [9.17, 15) is 13.6 Å². The lowest BCUT2D eigenvalue weighted by atomic mass is 9.88. The van der Waals surface area contributed by atoms with Crippen LogP contribution in [0.5, 0.6) is 5.88 Å². The molecule has 1 aliphatic heterocycles. The van der Waals surface area contributed by atoms with Crippen molar-refractivity contribution in [3.63, 3.8) is 0 Å². The van der Waals surface area contributed by atoms with Gasteiger partial charge in [0.15, 0.2) is 0 Å². The summed E-state index contributed by atoms with van der Waals surface area (Å²) in [4.78, 5) is 17.4. The molecule has 1 aromatic heterocycles. The van der Waals surface area contributed by atoms with Crippen molar-refractivity contribution in [3.05, 3.63) is 23.9 Å². The monoisotopic (exact) mass is 328 g/mol. The Bertz CT molecular complexity index is 555. The predicted octanol–water partition coefficient (Wildman–Crippen LogP) is 3.45. The first-order valence-electron chi connectivity index (χ1n) is 7.48. The van der Waals surface area contributed by atoms with Crippen LogP contribution in [-0.2, 0) is 4.74 Å². The number of methoxy groups -OCH3 is 1. The van der Waals surface area contributed by atoms with E-state index in [0.717, 1.165) is 0 Å². The van der Waals surface area contributed by atoms with Gasteiger partial charge in [-0.25, -0.2) is 18.6 Å². The van der Waals surface area contributed by atoms with Gasteiger partial charge in [-0.15, -0.1) is 0 Å². The van der Waals surface area contributed by atoms with Crippen LogP contribution < -0.4 is 4.74 Å². The van der Waals surface area contributed by atoms with Crippen LogP contribution in [0.3, 0.4) is 0 Å². The Kier molecular flexibility index (Phi) is 4.77. The molecule has 1 aliphatic rings. The maximum atomic E-state index is 14.3. The summed E-state index contributed by atoms with van der Waals surface area (Å²) in [7, 11) is 1.46. The lowest BCUT2D eigenvalue weighted by Crippen LogP contribution is -2.49. The van der Waals surface area contributed by atoms with E-state index in [1.807, 2.05) is 0 Å². The molecule has 2 rings (SSSR count). The molecule has 0 aromatic carbocycles. The van der Waals surface area contributed by atoms with Crippen molar-refractivity contribution in [1.29, 1.82) is 0 Å². The number of halogens is 2. The zero-order valence-corrected chi connectivity index (χ0v) is 13.8. The summed E-state index contributed by atoms with van der Waals surface area (Å²) in [5.41, 5.74) is -0.280. The number of piperidine rings is 1. The average molecular weight is 328 g/mol. The molecule has 0 saturated carbocycles. The number of alkyl halides is 2. The summed E-state index contributed by atoms with van der Waals surface area (Å²) in [6.07, 6.45) is 0.401. The second-order valence-electron chi connectivity index (χ2n) is 6.62. The van der Waals surface area contributed by atoms with Crippen LogP contribution >= 0.6 is 0 Å². The van der Waals surface area contributed by atoms with Gasteiger partial charge in [0.05, 0.1) is 13.0 Å². The number of ether oxygens (including phenoxy) is 2. The molecule has 1 amide bonds. The highest BCUT2D eigenvalue weighted by Gasteiger charge is 2.46. The van der Waals surface area contributed by atoms with E-state index in [-0.39, 0.29) is 13.1 Å².